The molecule has 1 aromatic heterocycles. The number of rotatable bonds is 6. The Kier molecular flexibility index (Phi) is 4.66. The molecule has 0 bridgehead atoms. The van der Waals surface area contributed by atoms with Crippen molar-refractivity contribution in [1.82, 2.24) is 9.88 Å². The van der Waals surface area contributed by atoms with E-state index in [1.54, 1.807) is 36.5 Å². The van der Waals surface area contributed by atoms with E-state index in [0.29, 0.717) is 31.9 Å². The van der Waals surface area contributed by atoms with Crippen molar-refractivity contribution in [3.63, 3.8) is 0 Å². The maximum Gasteiger partial charge on any atom is 0.254 e. The topological polar surface area (TPSA) is 51.7 Å². The van der Waals surface area contributed by atoms with Crippen molar-refractivity contribution < 1.29 is 14.3 Å². The van der Waals surface area contributed by atoms with Gasteiger partial charge in [0.2, 0.25) is 0 Å². The normalized spacial score (nSPS) is 15.5. The molecule has 0 saturated carbocycles. The number of methoxy groups -OCH3 is 1. The third kappa shape index (κ3) is 3.27. The van der Waals surface area contributed by atoms with Gasteiger partial charge in [0.15, 0.2) is 0 Å². The zero-order chi connectivity index (χ0) is 12.8. The lowest BCUT2D eigenvalue weighted by Crippen LogP contribution is -2.54. The summed E-state index contributed by atoms with van der Waals surface area (Å²) in [7, 11) is 1.68. The zero-order valence-electron chi connectivity index (χ0n) is 10.5. The van der Waals surface area contributed by atoms with Crippen LogP contribution in [0.3, 0.4) is 0 Å². The number of hydrogen-bond donors (Lipinski definition) is 0. The predicted molar refractivity (Wildman–Crippen MR) is 66.4 cm³/mol. The molecule has 2 heterocycles. The second kappa shape index (κ2) is 6.47. The summed E-state index contributed by atoms with van der Waals surface area (Å²) in [5, 5.41) is 0. The van der Waals surface area contributed by atoms with Crippen LogP contribution in [0.15, 0.2) is 24.5 Å². The van der Waals surface area contributed by atoms with E-state index < -0.39 is 0 Å². The third-order valence-electron chi connectivity index (χ3n) is 2.91. The Morgan fingerprint density at radius 2 is 2.11 bits per heavy atom. The summed E-state index contributed by atoms with van der Waals surface area (Å²) in [5.41, 5.74) is 0.683. The van der Waals surface area contributed by atoms with Crippen molar-refractivity contribution >= 4 is 5.91 Å². The van der Waals surface area contributed by atoms with Crippen LogP contribution < -0.4 is 0 Å². The van der Waals surface area contributed by atoms with Crippen LogP contribution in [0, 0.1) is 0 Å². The van der Waals surface area contributed by atoms with Gasteiger partial charge in [-0.15, -0.1) is 0 Å². The SMILES string of the molecule is COCCCOC1CN(C(=O)c2ccncc2)C1. The first-order valence-corrected chi connectivity index (χ1v) is 6.11. The maximum atomic E-state index is 12.0. The maximum absolute atomic E-state index is 12.0. The summed E-state index contributed by atoms with van der Waals surface area (Å²) in [6.45, 7) is 2.75. The first-order valence-electron chi connectivity index (χ1n) is 6.11. The van der Waals surface area contributed by atoms with E-state index in [4.69, 9.17) is 9.47 Å². The summed E-state index contributed by atoms with van der Waals surface area (Å²) < 4.78 is 10.6. The Morgan fingerprint density at radius 1 is 1.39 bits per heavy atom. The molecular weight excluding hydrogens is 232 g/mol. The van der Waals surface area contributed by atoms with Gasteiger partial charge in [-0.3, -0.25) is 9.78 Å². The fourth-order valence-electron chi connectivity index (χ4n) is 1.84. The van der Waals surface area contributed by atoms with Crippen molar-refractivity contribution in [1.29, 1.82) is 0 Å². The first kappa shape index (κ1) is 13.0. The number of ether oxygens (including phenoxy) is 2. The summed E-state index contributed by atoms with van der Waals surface area (Å²) in [6.07, 6.45) is 4.33. The molecule has 0 aliphatic carbocycles. The molecule has 1 aliphatic heterocycles. The molecule has 5 heteroatoms. The number of carbonyl (C=O) groups excluding carboxylic acids is 1. The monoisotopic (exact) mass is 250 g/mol. The molecule has 0 spiro atoms. The number of carbonyl (C=O) groups is 1. The van der Waals surface area contributed by atoms with Crippen LogP contribution in [0.25, 0.3) is 0 Å². The van der Waals surface area contributed by atoms with E-state index in [-0.39, 0.29) is 12.0 Å². The van der Waals surface area contributed by atoms with Gasteiger partial charge in [-0.1, -0.05) is 0 Å². The summed E-state index contributed by atoms with van der Waals surface area (Å²) in [5.74, 6) is 0.0501. The lowest BCUT2D eigenvalue weighted by Gasteiger charge is -2.38. The number of nitrogens with zero attached hydrogens (tertiary/aromatic N) is 2. The van der Waals surface area contributed by atoms with Gasteiger partial charge in [0.25, 0.3) is 5.91 Å². The minimum atomic E-state index is 0.0501. The fourth-order valence-corrected chi connectivity index (χ4v) is 1.84. The molecule has 5 nitrogen and oxygen atoms in total. The molecule has 0 aromatic carbocycles. The minimum Gasteiger partial charge on any atom is -0.385 e. The van der Waals surface area contributed by atoms with Gasteiger partial charge in [0, 0.05) is 51.4 Å². The number of aromatic nitrogens is 1. The van der Waals surface area contributed by atoms with Gasteiger partial charge < -0.3 is 14.4 Å². The van der Waals surface area contributed by atoms with E-state index in [2.05, 4.69) is 4.98 Å². The molecule has 1 aliphatic rings. The molecule has 1 fully saturated rings. The lowest BCUT2D eigenvalue weighted by atomic mass is 10.1. The fraction of sp³-hybridized carbons (Fsp3) is 0.538. The van der Waals surface area contributed by atoms with Crippen LogP contribution in [0.2, 0.25) is 0 Å². The second-order valence-corrected chi connectivity index (χ2v) is 4.29. The van der Waals surface area contributed by atoms with Crippen molar-refractivity contribution in [2.45, 2.75) is 12.5 Å². The number of pyridine rings is 1. The average Bonchev–Trinajstić information content (AvgIpc) is 2.37. The summed E-state index contributed by atoms with van der Waals surface area (Å²) in [6, 6.07) is 3.46. The summed E-state index contributed by atoms with van der Waals surface area (Å²) in [4.78, 5) is 17.7. The molecule has 1 amide bonds. The van der Waals surface area contributed by atoms with Crippen LogP contribution in [0.5, 0.6) is 0 Å². The van der Waals surface area contributed by atoms with Crippen molar-refractivity contribution in [2.75, 3.05) is 33.4 Å². The molecule has 18 heavy (non-hydrogen) atoms. The molecule has 0 atom stereocenters. The highest BCUT2D eigenvalue weighted by atomic mass is 16.5. The Labute approximate surface area is 107 Å². The highest BCUT2D eigenvalue weighted by Gasteiger charge is 2.31. The van der Waals surface area contributed by atoms with Gasteiger partial charge in [0.1, 0.15) is 0 Å². The molecule has 1 aromatic rings. The van der Waals surface area contributed by atoms with E-state index in [0.717, 1.165) is 6.42 Å². The molecule has 98 valence electrons. The van der Waals surface area contributed by atoms with E-state index in [9.17, 15) is 4.79 Å². The Hall–Kier alpha value is -1.46. The molecule has 0 unspecified atom stereocenters. The van der Waals surface area contributed by atoms with Crippen LogP contribution in [-0.4, -0.2) is 55.3 Å². The average molecular weight is 250 g/mol. The second-order valence-electron chi connectivity index (χ2n) is 4.29. The summed E-state index contributed by atoms with van der Waals surface area (Å²) >= 11 is 0. The molecule has 0 radical (unpaired) electrons. The van der Waals surface area contributed by atoms with Gasteiger partial charge in [0.05, 0.1) is 6.10 Å². The smallest absolute Gasteiger partial charge is 0.254 e. The quantitative estimate of drug-likeness (QED) is 0.706. The zero-order valence-corrected chi connectivity index (χ0v) is 10.5. The molecule has 1 saturated heterocycles. The van der Waals surface area contributed by atoms with Gasteiger partial charge in [-0.05, 0) is 18.6 Å². The van der Waals surface area contributed by atoms with Crippen LogP contribution in [0.4, 0.5) is 0 Å². The van der Waals surface area contributed by atoms with Crippen LogP contribution >= 0.6 is 0 Å². The third-order valence-corrected chi connectivity index (χ3v) is 2.91. The van der Waals surface area contributed by atoms with Crippen molar-refractivity contribution in [3.8, 4) is 0 Å². The standard InChI is InChI=1S/C13H18N2O3/c1-17-7-2-8-18-12-9-15(10-12)13(16)11-3-5-14-6-4-11/h3-6,12H,2,7-10H2,1H3. The van der Waals surface area contributed by atoms with E-state index in [1.165, 1.54) is 0 Å². The van der Waals surface area contributed by atoms with Crippen LogP contribution in [-0.2, 0) is 9.47 Å². The largest absolute Gasteiger partial charge is 0.385 e. The van der Waals surface area contributed by atoms with E-state index >= 15 is 0 Å². The number of hydrogen-bond acceptors (Lipinski definition) is 4. The molecule has 0 N–H and O–H groups in total. The van der Waals surface area contributed by atoms with Crippen molar-refractivity contribution in [2.24, 2.45) is 0 Å². The predicted octanol–water partition coefficient (Wildman–Crippen LogP) is 0.959. The number of likely N-dealkylation sites (tertiary alicyclic amines) is 1. The minimum absolute atomic E-state index is 0.0501. The van der Waals surface area contributed by atoms with Gasteiger partial charge in [-0.2, -0.15) is 0 Å². The van der Waals surface area contributed by atoms with Crippen LogP contribution in [0.1, 0.15) is 16.8 Å². The first-order chi connectivity index (χ1) is 8.81. The highest BCUT2D eigenvalue weighted by Crippen LogP contribution is 2.15. The molecule has 2 rings (SSSR count). The molecular formula is C13H18N2O3. The van der Waals surface area contributed by atoms with Gasteiger partial charge >= 0.3 is 0 Å². The Balaban J connectivity index is 1.68. The lowest BCUT2D eigenvalue weighted by molar-refractivity contribution is -0.0464. The van der Waals surface area contributed by atoms with Gasteiger partial charge in [-0.25, -0.2) is 0 Å². The van der Waals surface area contributed by atoms with Crippen molar-refractivity contribution in [3.05, 3.63) is 30.1 Å². The Bertz CT molecular complexity index is 377. The Morgan fingerprint density at radius 3 is 2.78 bits per heavy atom. The van der Waals surface area contributed by atoms with E-state index in [1.807, 2.05) is 0 Å². The number of amides is 1. The highest BCUT2D eigenvalue weighted by molar-refractivity contribution is 5.94.